The average molecular weight is 267 g/mol. The summed E-state index contributed by atoms with van der Waals surface area (Å²) in [5, 5.41) is 0. The molecule has 1 aromatic carbocycles. The van der Waals surface area contributed by atoms with Crippen LogP contribution in [-0.2, 0) is 0 Å². The van der Waals surface area contributed by atoms with E-state index in [1.54, 1.807) is 24.3 Å². The fourth-order valence-electron chi connectivity index (χ4n) is 1.82. The van der Waals surface area contributed by atoms with Crippen LogP contribution in [-0.4, -0.2) is 23.2 Å². The van der Waals surface area contributed by atoms with Gasteiger partial charge in [-0.25, -0.2) is 0 Å². The van der Waals surface area contributed by atoms with E-state index in [-0.39, 0.29) is 17.4 Å². The van der Waals surface area contributed by atoms with Gasteiger partial charge in [0, 0.05) is 16.7 Å². The predicted molar refractivity (Wildman–Crippen MR) is 71.0 cm³/mol. The summed E-state index contributed by atoms with van der Waals surface area (Å²) < 4.78 is 0. The summed E-state index contributed by atoms with van der Waals surface area (Å²) >= 11 is 7.18. The molecule has 0 atom stereocenters. The van der Waals surface area contributed by atoms with Gasteiger partial charge in [0.2, 0.25) is 5.78 Å². The van der Waals surface area contributed by atoms with Gasteiger partial charge in [-0.3, -0.25) is 9.59 Å². The first-order valence-corrected chi connectivity index (χ1v) is 6.83. The maximum absolute atomic E-state index is 12.2. The second kappa shape index (κ2) is 5.07. The van der Waals surface area contributed by atoms with Gasteiger partial charge in [0.25, 0.3) is 0 Å². The maximum Gasteiger partial charge on any atom is 0.200 e. The van der Waals surface area contributed by atoms with Crippen LogP contribution in [0, 0.1) is 0 Å². The third kappa shape index (κ3) is 2.05. The number of benzene rings is 1. The van der Waals surface area contributed by atoms with E-state index in [1.165, 1.54) is 11.8 Å². The van der Waals surface area contributed by atoms with Crippen LogP contribution >= 0.6 is 23.4 Å². The van der Waals surface area contributed by atoms with E-state index in [9.17, 15) is 9.59 Å². The lowest BCUT2D eigenvalue weighted by Crippen LogP contribution is -2.21. The molecule has 4 heteroatoms. The normalized spacial score (nSPS) is 15.2. The minimum atomic E-state index is -0.119. The molecule has 0 radical (unpaired) electrons. The molecule has 17 heavy (non-hydrogen) atoms. The first-order chi connectivity index (χ1) is 8.20. The third-order valence-electron chi connectivity index (χ3n) is 2.59. The van der Waals surface area contributed by atoms with Gasteiger partial charge in [-0.2, -0.15) is 0 Å². The number of halogens is 1. The summed E-state index contributed by atoms with van der Waals surface area (Å²) in [6, 6.07) is 6.89. The quantitative estimate of drug-likeness (QED) is 0.787. The van der Waals surface area contributed by atoms with Crippen LogP contribution in [0.15, 0.2) is 34.7 Å². The number of Topliss-reactive ketones (excluding diaryl/α,β-unsaturated/α-hetero) is 2. The van der Waals surface area contributed by atoms with Gasteiger partial charge >= 0.3 is 0 Å². The predicted octanol–water partition coefficient (Wildman–Crippen LogP) is 3.31. The molecule has 1 aliphatic rings. The van der Waals surface area contributed by atoms with Crippen molar-refractivity contribution in [2.24, 2.45) is 0 Å². The van der Waals surface area contributed by atoms with Crippen molar-refractivity contribution in [2.45, 2.75) is 6.92 Å². The SMILES string of the molecule is CCSC1=C(CCl)C(=O)c2ccccc2C1=O. The highest BCUT2D eigenvalue weighted by atomic mass is 35.5. The van der Waals surface area contributed by atoms with Crippen molar-refractivity contribution in [1.29, 1.82) is 0 Å². The zero-order valence-corrected chi connectivity index (χ0v) is 10.9. The Morgan fingerprint density at radius 1 is 1.12 bits per heavy atom. The van der Waals surface area contributed by atoms with Crippen molar-refractivity contribution in [3.05, 3.63) is 45.9 Å². The number of rotatable bonds is 3. The number of alkyl halides is 1. The highest BCUT2D eigenvalue weighted by Crippen LogP contribution is 2.33. The zero-order chi connectivity index (χ0) is 12.4. The lowest BCUT2D eigenvalue weighted by Gasteiger charge is -2.18. The number of hydrogen-bond acceptors (Lipinski definition) is 3. The second-order valence-electron chi connectivity index (χ2n) is 3.58. The second-order valence-corrected chi connectivity index (χ2v) is 5.12. The molecule has 2 rings (SSSR count). The summed E-state index contributed by atoms with van der Waals surface area (Å²) in [7, 11) is 0. The summed E-state index contributed by atoms with van der Waals surface area (Å²) in [5.41, 5.74) is 1.39. The molecule has 88 valence electrons. The Bertz CT molecular complexity index is 520. The van der Waals surface area contributed by atoms with Gasteiger partial charge in [0.1, 0.15) is 0 Å². The molecule has 0 spiro atoms. The van der Waals surface area contributed by atoms with Crippen LogP contribution in [0.5, 0.6) is 0 Å². The number of fused-ring (bicyclic) bond motifs is 1. The molecular formula is C13H11ClO2S. The topological polar surface area (TPSA) is 34.1 Å². The highest BCUT2D eigenvalue weighted by Gasteiger charge is 2.31. The number of hydrogen-bond donors (Lipinski definition) is 0. The molecule has 0 amide bonds. The lowest BCUT2D eigenvalue weighted by atomic mass is 9.90. The van der Waals surface area contributed by atoms with E-state index in [4.69, 9.17) is 11.6 Å². The van der Waals surface area contributed by atoms with E-state index in [1.807, 2.05) is 6.92 Å². The molecule has 0 aliphatic heterocycles. The van der Waals surface area contributed by atoms with Gasteiger partial charge in [-0.1, -0.05) is 31.2 Å². The summed E-state index contributed by atoms with van der Waals surface area (Å²) in [6.07, 6.45) is 0. The first-order valence-electron chi connectivity index (χ1n) is 5.31. The Morgan fingerprint density at radius 2 is 1.71 bits per heavy atom. The fraction of sp³-hybridized carbons (Fsp3) is 0.231. The van der Waals surface area contributed by atoms with E-state index in [2.05, 4.69) is 0 Å². The molecule has 2 nitrogen and oxygen atoms in total. The van der Waals surface area contributed by atoms with Crippen LogP contribution in [0.1, 0.15) is 27.6 Å². The van der Waals surface area contributed by atoms with Crippen molar-refractivity contribution in [1.82, 2.24) is 0 Å². The summed E-state index contributed by atoms with van der Waals surface area (Å²) in [6.45, 7) is 1.95. The molecule has 1 aliphatic carbocycles. The van der Waals surface area contributed by atoms with Crippen LogP contribution < -0.4 is 0 Å². The lowest BCUT2D eigenvalue weighted by molar-refractivity contribution is 0.0982. The monoisotopic (exact) mass is 266 g/mol. The first kappa shape index (κ1) is 12.4. The standard InChI is InChI=1S/C13H11ClO2S/c1-2-17-13-10(7-14)11(15)8-5-3-4-6-9(8)12(13)16/h3-6H,2,7H2,1H3. The molecular weight excluding hydrogens is 256 g/mol. The Balaban J connectivity index is 2.60. The summed E-state index contributed by atoms with van der Waals surface area (Å²) in [4.78, 5) is 24.9. The number of carbonyl (C=O) groups is 2. The van der Waals surface area contributed by atoms with Crippen LogP contribution in [0.2, 0.25) is 0 Å². The third-order valence-corrected chi connectivity index (χ3v) is 3.87. The van der Waals surface area contributed by atoms with E-state index < -0.39 is 0 Å². The molecule has 0 N–H and O–H groups in total. The molecule has 0 unspecified atom stereocenters. The number of ketones is 2. The molecule has 0 aromatic heterocycles. The Hall–Kier alpha value is -1.06. The molecule has 0 bridgehead atoms. The van der Waals surface area contributed by atoms with Gasteiger partial charge in [0.15, 0.2) is 5.78 Å². The van der Waals surface area contributed by atoms with Crippen LogP contribution in [0.3, 0.4) is 0 Å². The van der Waals surface area contributed by atoms with Crippen LogP contribution in [0.25, 0.3) is 0 Å². The number of thioether (sulfide) groups is 1. The smallest absolute Gasteiger partial charge is 0.200 e. The van der Waals surface area contributed by atoms with Crippen molar-refractivity contribution in [3.63, 3.8) is 0 Å². The van der Waals surface area contributed by atoms with Gasteiger partial charge in [-0.05, 0) is 5.75 Å². The molecule has 0 fully saturated rings. The van der Waals surface area contributed by atoms with E-state index in [0.717, 1.165) is 5.75 Å². The number of carbonyl (C=O) groups excluding carboxylic acids is 2. The maximum atomic E-state index is 12.2. The van der Waals surface area contributed by atoms with E-state index >= 15 is 0 Å². The van der Waals surface area contributed by atoms with Gasteiger partial charge in [0.05, 0.1) is 10.8 Å². The Labute approximate surface area is 109 Å². The summed E-state index contributed by atoms with van der Waals surface area (Å²) in [5.74, 6) is 0.631. The van der Waals surface area contributed by atoms with E-state index in [0.29, 0.717) is 21.6 Å². The van der Waals surface area contributed by atoms with Crippen LogP contribution in [0.4, 0.5) is 0 Å². The van der Waals surface area contributed by atoms with Crippen molar-refractivity contribution >= 4 is 34.9 Å². The van der Waals surface area contributed by atoms with Gasteiger partial charge < -0.3 is 0 Å². The molecule has 0 heterocycles. The molecule has 0 saturated heterocycles. The van der Waals surface area contributed by atoms with Crippen molar-refractivity contribution in [3.8, 4) is 0 Å². The minimum Gasteiger partial charge on any atom is -0.289 e. The minimum absolute atomic E-state index is 0.0808. The molecule has 0 saturated carbocycles. The van der Waals surface area contributed by atoms with Crippen molar-refractivity contribution in [2.75, 3.05) is 11.6 Å². The van der Waals surface area contributed by atoms with Crippen molar-refractivity contribution < 1.29 is 9.59 Å². The Morgan fingerprint density at radius 3 is 2.24 bits per heavy atom. The average Bonchev–Trinajstić information content (AvgIpc) is 2.36. The fourth-order valence-corrected chi connectivity index (χ4v) is 3.03. The highest BCUT2D eigenvalue weighted by molar-refractivity contribution is 8.04. The Kier molecular flexibility index (Phi) is 3.69. The van der Waals surface area contributed by atoms with Gasteiger partial charge in [-0.15, -0.1) is 23.4 Å². The zero-order valence-electron chi connectivity index (χ0n) is 9.33. The largest absolute Gasteiger partial charge is 0.289 e. The molecule has 1 aromatic rings. The number of allylic oxidation sites excluding steroid dienone is 2.